The van der Waals surface area contributed by atoms with Crippen LogP contribution in [0, 0.1) is 11.8 Å². The lowest BCUT2D eigenvalue weighted by Crippen LogP contribution is -2.37. The van der Waals surface area contributed by atoms with Gasteiger partial charge >= 0.3 is 0 Å². The van der Waals surface area contributed by atoms with Gasteiger partial charge in [0.05, 0.1) is 0 Å². The number of amides is 1. The molecular weight excluding hydrogens is 260 g/mol. The third kappa shape index (κ3) is 2.84. The molecular formula is C18H26N2O. The number of hydrogen-bond donors (Lipinski definition) is 1. The summed E-state index contributed by atoms with van der Waals surface area (Å²) in [6, 6.07) is 8.35. The Hall–Kier alpha value is -1.35. The van der Waals surface area contributed by atoms with Crippen LogP contribution in [0.5, 0.6) is 0 Å². The highest BCUT2D eigenvalue weighted by Crippen LogP contribution is 2.40. The molecule has 0 saturated heterocycles. The van der Waals surface area contributed by atoms with Crippen molar-refractivity contribution in [3.63, 3.8) is 0 Å². The Morgan fingerprint density at radius 3 is 2.67 bits per heavy atom. The van der Waals surface area contributed by atoms with E-state index in [0.717, 1.165) is 37.4 Å². The van der Waals surface area contributed by atoms with Gasteiger partial charge in [-0.2, -0.15) is 0 Å². The van der Waals surface area contributed by atoms with Crippen LogP contribution in [0.4, 0.5) is 5.69 Å². The predicted octanol–water partition coefficient (Wildman–Crippen LogP) is 3.29. The topological polar surface area (TPSA) is 46.3 Å². The lowest BCUT2D eigenvalue weighted by molar-refractivity contribution is -0.123. The van der Waals surface area contributed by atoms with E-state index in [1.54, 1.807) is 0 Å². The molecule has 1 aromatic carbocycles. The summed E-state index contributed by atoms with van der Waals surface area (Å²) in [4.78, 5) is 15.0. The highest BCUT2D eigenvalue weighted by atomic mass is 16.2. The van der Waals surface area contributed by atoms with Crippen molar-refractivity contribution >= 4 is 11.6 Å². The average molecular weight is 286 g/mol. The number of carbonyl (C=O) groups is 1. The zero-order valence-corrected chi connectivity index (χ0v) is 12.9. The second-order valence-corrected chi connectivity index (χ2v) is 6.74. The van der Waals surface area contributed by atoms with Crippen molar-refractivity contribution < 1.29 is 4.79 Å². The molecule has 1 fully saturated rings. The Morgan fingerprint density at radius 1 is 1.24 bits per heavy atom. The molecule has 1 aromatic rings. The van der Waals surface area contributed by atoms with Crippen molar-refractivity contribution in [2.45, 2.75) is 44.9 Å². The van der Waals surface area contributed by atoms with Gasteiger partial charge in [0.25, 0.3) is 0 Å². The third-order valence-corrected chi connectivity index (χ3v) is 5.22. The summed E-state index contributed by atoms with van der Waals surface area (Å²) < 4.78 is 0. The smallest absolute Gasteiger partial charge is 0.230 e. The van der Waals surface area contributed by atoms with Crippen LogP contribution in [-0.2, 0) is 4.79 Å². The van der Waals surface area contributed by atoms with Crippen LogP contribution in [0.2, 0.25) is 0 Å². The first-order valence-electron chi connectivity index (χ1n) is 8.31. The summed E-state index contributed by atoms with van der Waals surface area (Å²) in [7, 11) is 0. The zero-order chi connectivity index (χ0) is 14.8. The van der Waals surface area contributed by atoms with Crippen LogP contribution in [0.3, 0.4) is 0 Å². The number of para-hydroxylation sites is 1. The molecule has 21 heavy (non-hydrogen) atoms. The van der Waals surface area contributed by atoms with Gasteiger partial charge in [-0.05, 0) is 56.2 Å². The van der Waals surface area contributed by atoms with Gasteiger partial charge in [-0.1, -0.05) is 25.1 Å². The normalized spacial score (nSPS) is 28.5. The summed E-state index contributed by atoms with van der Waals surface area (Å²) in [6.45, 7) is 3.80. The number of hydrogen-bond acceptors (Lipinski definition) is 2. The maximum Gasteiger partial charge on any atom is 0.230 e. The van der Waals surface area contributed by atoms with Crippen molar-refractivity contribution in [2.75, 3.05) is 18.0 Å². The van der Waals surface area contributed by atoms with Gasteiger partial charge in [0, 0.05) is 24.1 Å². The Bertz CT molecular complexity index is 506. The molecule has 1 saturated carbocycles. The highest BCUT2D eigenvalue weighted by Gasteiger charge is 2.35. The van der Waals surface area contributed by atoms with Gasteiger partial charge in [-0.3, -0.25) is 4.79 Å². The molecule has 1 heterocycles. The molecule has 3 rings (SSSR count). The van der Waals surface area contributed by atoms with E-state index in [4.69, 9.17) is 5.73 Å². The van der Waals surface area contributed by atoms with E-state index in [1.165, 1.54) is 18.4 Å². The predicted molar refractivity (Wildman–Crippen MR) is 86.3 cm³/mol. The lowest BCUT2D eigenvalue weighted by Gasteiger charge is -2.29. The van der Waals surface area contributed by atoms with Crippen molar-refractivity contribution in [1.82, 2.24) is 0 Å². The summed E-state index contributed by atoms with van der Waals surface area (Å²) in [5.41, 5.74) is 8.17. The molecule has 1 unspecified atom stereocenters. The van der Waals surface area contributed by atoms with Gasteiger partial charge < -0.3 is 10.6 Å². The number of anilines is 1. The van der Waals surface area contributed by atoms with E-state index in [2.05, 4.69) is 25.1 Å². The number of fused-ring (bicyclic) bond motifs is 1. The zero-order valence-electron chi connectivity index (χ0n) is 12.9. The van der Waals surface area contributed by atoms with Gasteiger partial charge in [-0.15, -0.1) is 0 Å². The average Bonchev–Trinajstić information content (AvgIpc) is 2.87. The molecule has 1 aliphatic carbocycles. The molecule has 3 heteroatoms. The number of nitrogens with two attached hydrogens (primary N) is 1. The van der Waals surface area contributed by atoms with Crippen LogP contribution in [-0.4, -0.2) is 19.0 Å². The molecule has 3 nitrogen and oxygen atoms in total. The molecule has 2 N–H and O–H groups in total. The maximum absolute atomic E-state index is 12.9. The Balaban J connectivity index is 1.78. The second kappa shape index (κ2) is 6.18. The fourth-order valence-electron chi connectivity index (χ4n) is 3.88. The van der Waals surface area contributed by atoms with Gasteiger partial charge in [0.1, 0.15) is 0 Å². The van der Waals surface area contributed by atoms with Crippen molar-refractivity contribution in [3.05, 3.63) is 29.8 Å². The van der Waals surface area contributed by atoms with Crippen LogP contribution in [0.1, 0.15) is 50.5 Å². The fourth-order valence-corrected chi connectivity index (χ4v) is 3.88. The molecule has 1 atom stereocenters. The molecule has 0 aromatic heterocycles. The monoisotopic (exact) mass is 286 g/mol. The van der Waals surface area contributed by atoms with Crippen LogP contribution in [0.15, 0.2) is 24.3 Å². The fraction of sp³-hybridized carbons (Fsp3) is 0.611. The SMILES string of the molecule is CC1CCC(C(=O)N2CC(CCN)c3ccccc32)CC1. The summed E-state index contributed by atoms with van der Waals surface area (Å²) in [5.74, 6) is 1.77. The maximum atomic E-state index is 12.9. The highest BCUT2D eigenvalue weighted by molar-refractivity contribution is 5.97. The van der Waals surface area contributed by atoms with Crippen LogP contribution in [0.25, 0.3) is 0 Å². The van der Waals surface area contributed by atoms with E-state index < -0.39 is 0 Å². The van der Waals surface area contributed by atoms with E-state index >= 15 is 0 Å². The van der Waals surface area contributed by atoms with Crippen LogP contribution < -0.4 is 10.6 Å². The molecule has 1 amide bonds. The summed E-state index contributed by atoms with van der Waals surface area (Å²) >= 11 is 0. The quantitative estimate of drug-likeness (QED) is 0.926. The molecule has 114 valence electrons. The standard InChI is InChI=1S/C18H26N2O/c1-13-6-8-14(9-7-13)18(21)20-12-15(10-11-19)16-4-2-3-5-17(16)20/h2-5,13-15H,6-12,19H2,1H3. The minimum atomic E-state index is 0.228. The third-order valence-electron chi connectivity index (χ3n) is 5.22. The van der Waals surface area contributed by atoms with Crippen molar-refractivity contribution in [1.29, 1.82) is 0 Å². The van der Waals surface area contributed by atoms with E-state index in [0.29, 0.717) is 18.4 Å². The lowest BCUT2D eigenvalue weighted by atomic mass is 9.82. The first-order valence-corrected chi connectivity index (χ1v) is 8.31. The number of carbonyl (C=O) groups excluding carboxylic acids is 1. The molecule has 0 radical (unpaired) electrons. The summed E-state index contributed by atoms with van der Waals surface area (Å²) in [6.07, 6.45) is 5.46. The summed E-state index contributed by atoms with van der Waals surface area (Å²) in [5, 5.41) is 0. The van der Waals surface area contributed by atoms with Crippen molar-refractivity contribution in [3.8, 4) is 0 Å². The van der Waals surface area contributed by atoms with E-state index in [1.807, 2.05) is 11.0 Å². The first-order chi connectivity index (χ1) is 10.2. The second-order valence-electron chi connectivity index (χ2n) is 6.74. The Kier molecular flexibility index (Phi) is 4.29. The molecule has 2 aliphatic rings. The van der Waals surface area contributed by atoms with Gasteiger partial charge in [0.2, 0.25) is 5.91 Å². The molecule has 1 aliphatic heterocycles. The van der Waals surface area contributed by atoms with Gasteiger partial charge in [0.15, 0.2) is 0 Å². The Labute approximate surface area is 127 Å². The number of benzene rings is 1. The largest absolute Gasteiger partial charge is 0.330 e. The number of rotatable bonds is 3. The molecule has 0 spiro atoms. The molecule has 0 bridgehead atoms. The number of nitrogens with zero attached hydrogens (tertiary/aromatic N) is 1. The van der Waals surface area contributed by atoms with Crippen molar-refractivity contribution in [2.24, 2.45) is 17.6 Å². The van der Waals surface area contributed by atoms with E-state index in [9.17, 15) is 4.79 Å². The van der Waals surface area contributed by atoms with Gasteiger partial charge in [-0.25, -0.2) is 0 Å². The minimum absolute atomic E-state index is 0.228. The van der Waals surface area contributed by atoms with E-state index in [-0.39, 0.29) is 5.92 Å². The minimum Gasteiger partial charge on any atom is -0.330 e. The van der Waals surface area contributed by atoms with Crippen LogP contribution >= 0.6 is 0 Å². The first kappa shape index (κ1) is 14.6. The Morgan fingerprint density at radius 2 is 1.95 bits per heavy atom.